The standard InChI is InChI=1S/C21H21F6N7O2/c1-9(20(22,23)24)35-14-5-6-15(21(25,26)27)34-17(14)29-18(30-34)33-13-4-3-11-7-32(8-12(11)16(13)33)19-28-10(2)31-36-19/h5-6,9,11-13,16H,3-4,7-8H2,1-2H3/t9-,11?,12-,13-,16+,33?/m1/s1. The SMILES string of the molecule is Cc1noc(N2CC3CC[C@@H]4[C@H]([C@@H]3C2)N4c2nc3c(O[C@H](C)C(F)(F)F)ccc(C(F)(F)F)n3n2)n1. The lowest BCUT2D eigenvalue weighted by Gasteiger charge is -2.20. The zero-order valence-electron chi connectivity index (χ0n) is 19.1. The van der Waals surface area contributed by atoms with E-state index < -0.39 is 35.5 Å². The maximum absolute atomic E-state index is 13.7. The summed E-state index contributed by atoms with van der Waals surface area (Å²) in [4.78, 5) is 12.4. The molecule has 1 aliphatic carbocycles. The minimum Gasteiger partial charge on any atom is -0.477 e. The number of ether oxygens (including phenoxy) is 1. The van der Waals surface area contributed by atoms with E-state index in [1.807, 2.05) is 9.80 Å². The Morgan fingerprint density at radius 2 is 1.86 bits per heavy atom. The first-order valence-electron chi connectivity index (χ1n) is 11.5. The van der Waals surface area contributed by atoms with Gasteiger partial charge in [0.15, 0.2) is 23.3 Å². The van der Waals surface area contributed by atoms with Crippen LogP contribution in [0.1, 0.15) is 31.3 Å². The van der Waals surface area contributed by atoms with Crippen molar-refractivity contribution in [2.24, 2.45) is 11.8 Å². The van der Waals surface area contributed by atoms with Gasteiger partial charge in [0.2, 0.25) is 5.95 Å². The molecule has 0 radical (unpaired) electrons. The Labute approximate surface area is 200 Å². The van der Waals surface area contributed by atoms with Gasteiger partial charge < -0.3 is 19.1 Å². The molecule has 0 N–H and O–H groups in total. The van der Waals surface area contributed by atoms with Crippen LogP contribution in [0.2, 0.25) is 0 Å². The molecule has 3 fully saturated rings. The molecule has 3 aromatic heterocycles. The van der Waals surface area contributed by atoms with Crippen molar-refractivity contribution in [1.29, 1.82) is 0 Å². The van der Waals surface area contributed by atoms with Crippen LogP contribution in [0.3, 0.4) is 0 Å². The van der Waals surface area contributed by atoms with Gasteiger partial charge in [-0.1, -0.05) is 5.16 Å². The van der Waals surface area contributed by atoms with Gasteiger partial charge in [0, 0.05) is 19.0 Å². The molecule has 0 spiro atoms. The fraction of sp³-hybridized carbons (Fsp3) is 0.619. The second-order valence-corrected chi connectivity index (χ2v) is 9.53. The third-order valence-corrected chi connectivity index (χ3v) is 7.26. The lowest BCUT2D eigenvalue weighted by Crippen LogP contribution is -2.31. The molecule has 5 heterocycles. The first-order chi connectivity index (χ1) is 16.9. The Kier molecular flexibility index (Phi) is 4.90. The van der Waals surface area contributed by atoms with Crippen molar-refractivity contribution < 1.29 is 35.6 Å². The molecule has 36 heavy (non-hydrogen) atoms. The second-order valence-electron chi connectivity index (χ2n) is 9.53. The average Bonchev–Trinajstić information content (AvgIpc) is 3.16. The first-order valence-corrected chi connectivity index (χ1v) is 11.5. The highest BCUT2D eigenvalue weighted by molar-refractivity contribution is 5.60. The monoisotopic (exact) mass is 517 g/mol. The Bertz CT molecular complexity index is 1300. The number of hydrogen-bond donors (Lipinski definition) is 0. The number of fused-ring (bicyclic) bond motifs is 4. The average molecular weight is 517 g/mol. The predicted octanol–water partition coefficient (Wildman–Crippen LogP) is 3.87. The topological polar surface area (TPSA) is 84.6 Å². The smallest absolute Gasteiger partial charge is 0.433 e. The second kappa shape index (κ2) is 7.62. The summed E-state index contributed by atoms with van der Waals surface area (Å²) in [6.07, 6.45) is -10.0. The maximum Gasteiger partial charge on any atom is 0.433 e. The first kappa shape index (κ1) is 23.2. The highest BCUT2D eigenvalue weighted by atomic mass is 19.4. The van der Waals surface area contributed by atoms with Crippen molar-refractivity contribution in [3.05, 3.63) is 23.7 Å². The van der Waals surface area contributed by atoms with Crippen LogP contribution in [0, 0.1) is 18.8 Å². The number of pyridine rings is 1. The number of aryl methyl sites for hydroxylation is 1. The van der Waals surface area contributed by atoms with E-state index in [-0.39, 0.29) is 23.9 Å². The fourth-order valence-electron chi connectivity index (χ4n) is 5.53. The molecule has 0 amide bonds. The summed E-state index contributed by atoms with van der Waals surface area (Å²) in [5.74, 6) is 0.661. The van der Waals surface area contributed by atoms with E-state index in [2.05, 4.69) is 20.2 Å². The molecule has 1 saturated carbocycles. The molecule has 15 heteroatoms. The van der Waals surface area contributed by atoms with Crippen LogP contribution in [0.4, 0.5) is 38.3 Å². The molecule has 6 rings (SSSR count). The van der Waals surface area contributed by atoms with Crippen LogP contribution in [0.15, 0.2) is 16.7 Å². The van der Waals surface area contributed by atoms with Crippen molar-refractivity contribution in [3.8, 4) is 5.75 Å². The van der Waals surface area contributed by atoms with Crippen LogP contribution in [0.25, 0.3) is 5.65 Å². The molecule has 5 atom stereocenters. The minimum absolute atomic E-state index is 0.00276. The number of aromatic nitrogens is 5. The highest BCUT2D eigenvalue weighted by Gasteiger charge is 2.60. The van der Waals surface area contributed by atoms with Crippen molar-refractivity contribution in [2.75, 3.05) is 22.9 Å². The van der Waals surface area contributed by atoms with Gasteiger partial charge in [0.25, 0.3) is 0 Å². The zero-order valence-corrected chi connectivity index (χ0v) is 19.1. The number of anilines is 2. The largest absolute Gasteiger partial charge is 0.477 e. The minimum atomic E-state index is -4.79. The van der Waals surface area contributed by atoms with Gasteiger partial charge in [-0.15, -0.1) is 5.10 Å². The highest BCUT2D eigenvalue weighted by Crippen LogP contribution is 2.51. The summed E-state index contributed by atoms with van der Waals surface area (Å²) in [6.45, 7) is 3.88. The normalized spacial score (nSPS) is 26.8. The van der Waals surface area contributed by atoms with E-state index in [1.54, 1.807) is 6.92 Å². The summed E-state index contributed by atoms with van der Waals surface area (Å²) in [5, 5.41) is 7.92. The van der Waals surface area contributed by atoms with Crippen molar-refractivity contribution in [3.63, 3.8) is 0 Å². The van der Waals surface area contributed by atoms with Crippen LogP contribution < -0.4 is 14.5 Å². The molecule has 9 nitrogen and oxygen atoms in total. The molecule has 2 saturated heterocycles. The molecule has 2 aliphatic heterocycles. The van der Waals surface area contributed by atoms with Crippen molar-refractivity contribution >= 4 is 17.6 Å². The number of rotatable bonds is 4. The van der Waals surface area contributed by atoms with Gasteiger partial charge in [0.05, 0.1) is 12.1 Å². The lowest BCUT2D eigenvalue weighted by molar-refractivity contribution is -0.189. The molecule has 0 aromatic carbocycles. The van der Waals surface area contributed by atoms with E-state index in [1.165, 1.54) is 0 Å². The third-order valence-electron chi connectivity index (χ3n) is 7.26. The molecule has 3 aliphatic rings. The van der Waals surface area contributed by atoms with Gasteiger partial charge in [-0.25, -0.2) is 4.52 Å². The lowest BCUT2D eigenvalue weighted by atomic mass is 9.82. The fourth-order valence-corrected chi connectivity index (χ4v) is 5.53. The predicted molar refractivity (Wildman–Crippen MR) is 112 cm³/mol. The van der Waals surface area contributed by atoms with Gasteiger partial charge in [-0.2, -0.15) is 36.3 Å². The molecule has 0 bridgehead atoms. The Morgan fingerprint density at radius 3 is 2.53 bits per heavy atom. The number of nitrogens with zero attached hydrogens (tertiary/aromatic N) is 7. The van der Waals surface area contributed by atoms with E-state index in [0.29, 0.717) is 34.9 Å². The summed E-state index contributed by atoms with van der Waals surface area (Å²) in [7, 11) is 0. The Hall–Kier alpha value is -3.26. The van der Waals surface area contributed by atoms with Crippen molar-refractivity contribution in [2.45, 2.75) is 57.2 Å². The molecule has 194 valence electrons. The molecule has 3 aromatic rings. The number of alkyl halides is 6. The van der Waals surface area contributed by atoms with E-state index in [4.69, 9.17) is 9.26 Å². The third kappa shape index (κ3) is 3.70. The summed E-state index contributed by atoms with van der Waals surface area (Å²) >= 11 is 0. The van der Waals surface area contributed by atoms with Crippen LogP contribution in [-0.4, -0.2) is 62.2 Å². The maximum atomic E-state index is 13.7. The van der Waals surface area contributed by atoms with Crippen LogP contribution >= 0.6 is 0 Å². The number of halogens is 6. The Morgan fingerprint density at radius 1 is 1.08 bits per heavy atom. The van der Waals surface area contributed by atoms with E-state index >= 15 is 0 Å². The Balaban J connectivity index is 1.32. The zero-order chi connectivity index (χ0) is 25.6. The molecular formula is C21H21F6N7O2. The summed E-state index contributed by atoms with van der Waals surface area (Å²) in [6, 6.07) is 1.98. The molecule has 1 unspecified atom stereocenters. The van der Waals surface area contributed by atoms with Crippen LogP contribution in [-0.2, 0) is 6.18 Å². The van der Waals surface area contributed by atoms with Gasteiger partial charge in [-0.3, -0.25) is 0 Å². The van der Waals surface area contributed by atoms with Crippen LogP contribution in [0.5, 0.6) is 5.75 Å². The summed E-state index contributed by atoms with van der Waals surface area (Å²) < 4.78 is 90.9. The van der Waals surface area contributed by atoms with E-state index in [0.717, 1.165) is 32.4 Å². The number of hydrogen-bond acceptors (Lipinski definition) is 8. The van der Waals surface area contributed by atoms with Crippen molar-refractivity contribution in [1.82, 2.24) is 24.7 Å². The van der Waals surface area contributed by atoms with Gasteiger partial charge >= 0.3 is 18.4 Å². The van der Waals surface area contributed by atoms with Gasteiger partial charge in [-0.05, 0) is 44.7 Å². The van der Waals surface area contributed by atoms with E-state index in [9.17, 15) is 26.3 Å². The quantitative estimate of drug-likeness (QED) is 0.381. The summed E-state index contributed by atoms with van der Waals surface area (Å²) in [5.41, 5.74) is -1.56. The van der Waals surface area contributed by atoms with Gasteiger partial charge in [0.1, 0.15) is 5.69 Å². The molecular weight excluding hydrogens is 496 g/mol.